The van der Waals surface area contributed by atoms with Crippen LogP contribution in [0.1, 0.15) is 23.1 Å². The van der Waals surface area contributed by atoms with Crippen LogP contribution in [-0.2, 0) is 4.79 Å². The van der Waals surface area contributed by atoms with E-state index in [-0.39, 0.29) is 11.8 Å². The minimum atomic E-state index is -0.683. The quantitative estimate of drug-likeness (QED) is 0.659. The molecule has 1 heterocycles. The van der Waals surface area contributed by atoms with Crippen molar-refractivity contribution in [2.75, 3.05) is 5.32 Å². The Morgan fingerprint density at radius 1 is 1.08 bits per heavy atom. The van der Waals surface area contributed by atoms with Gasteiger partial charge >= 0.3 is 0 Å². The number of amides is 2. The van der Waals surface area contributed by atoms with Crippen molar-refractivity contribution in [2.45, 2.75) is 19.9 Å². The first-order valence-corrected chi connectivity index (χ1v) is 8.19. The standard InChI is InChI=1S/C19H19N5O2/c1-12(18(25)22-16-9-4-3-5-10-16)20-19(26)15-8-6-7-14(11-15)17-21-13(2)23-24-17/h3-12H,1-2H3,(H,20,26)(H,22,25)(H,21,23,24)/t12-/m0/s1. The lowest BCUT2D eigenvalue weighted by Crippen LogP contribution is -2.41. The Bertz CT molecular complexity index is 920. The van der Waals surface area contributed by atoms with Crippen LogP contribution in [0, 0.1) is 6.92 Å². The van der Waals surface area contributed by atoms with Crippen LogP contribution in [0.2, 0.25) is 0 Å². The highest BCUT2D eigenvalue weighted by Gasteiger charge is 2.17. The van der Waals surface area contributed by atoms with E-state index in [2.05, 4.69) is 25.8 Å². The first-order chi connectivity index (χ1) is 12.5. The molecule has 0 unspecified atom stereocenters. The Morgan fingerprint density at radius 2 is 1.85 bits per heavy atom. The van der Waals surface area contributed by atoms with Gasteiger partial charge in [0.15, 0.2) is 5.82 Å². The van der Waals surface area contributed by atoms with E-state index in [1.807, 2.05) is 24.3 Å². The summed E-state index contributed by atoms with van der Waals surface area (Å²) in [5, 5.41) is 12.3. The largest absolute Gasteiger partial charge is 0.341 e. The SMILES string of the molecule is Cc1nc(-c2cccc(C(=O)N[C@@H](C)C(=O)Nc3ccccc3)c2)n[nH]1. The van der Waals surface area contributed by atoms with Gasteiger partial charge in [-0.2, -0.15) is 5.10 Å². The van der Waals surface area contributed by atoms with Gasteiger partial charge in [0.2, 0.25) is 5.91 Å². The molecule has 0 fully saturated rings. The van der Waals surface area contributed by atoms with Gasteiger partial charge in [-0.15, -0.1) is 0 Å². The van der Waals surface area contributed by atoms with E-state index >= 15 is 0 Å². The van der Waals surface area contributed by atoms with Gasteiger partial charge in [0.05, 0.1) is 0 Å². The molecule has 0 aliphatic heterocycles. The highest BCUT2D eigenvalue weighted by atomic mass is 16.2. The summed E-state index contributed by atoms with van der Waals surface area (Å²) in [5.74, 6) is 0.591. The Hall–Kier alpha value is -3.48. The van der Waals surface area contributed by atoms with Gasteiger partial charge in [0.1, 0.15) is 11.9 Å². The minimum absolute atomic E-state index is 0.287. The number of hydrogen-bond donors (Lipinski definition) is 3. The molecule has 0 radical (unpaired) electrons. The lowest BCUT2D eigenvalue weighted by Gasteiger charge is -2.14. The monoisotopic (exact) mass is 349 g/mol. The number of anilines is 1. The second-order valence-electron chi connectivity index (χ2n) is 5.88. The first-order valence-electron chi connectivity index (χ1n) is 8.19. The number of carbonyl (C=O) groups is 2. The van der Waals surface area contributed by atoms with Crippen LogP contribution in [0.4, 0.5) is 5.69 Å². The molecule has 3 N–H and O–H groups in total. The molecule has 3 rings (SSSR count). The summed E-state index contributed by atoms with van der Waals surface area (Å²) in [6, 6.07) is 15.4. The molecule has 132 valence electrons. The van der Waals surface area contributed by atoms with Crippen molar-refractivity contribution >= 4 is 17.5 Å². The molecule has 0 aliphatic rings. The average molecular weight is 349 g/mol. The van der Waals surface area contributed by atoms with Gasteiger partial charge in [-0.1, -0.05) is 30.3 Å². The molecule has 7 heteroatoms. The molecule has 2 amide bonds. The van der Waals surface area contributed by atoms with E-state index in [1.165, 1.54) is 0 Å². The van der Waals surface area contributed by atoms with E-state index in [0.29, 0.717) is 22.9 Å². The molecule has 0 bridgehead atoms. The number of rotatable bonds is 5. The zero-order valence-corrected chi connectivity index (χ0v) is 14.5. The maximum Gasteiger partial charge on any atom is 0.251 e. The summed E-state index contributed by atoms with van der Waals surface area (Å²) in [6.45, 7) is 3.44. The summed E-state index contributed by atoms with van der Waals surface area (Å²) in [4.78, 5) is 28.9. The van der Waals surface area contributed by atoms with E-state index in [1.54, 1.807) is 44.2 Å². The predicted molar refractivity (Wildman–Crippen MR) is 98.6 cm³/mol. The maximum absolute atomic E-state index is 12.5. The van der Waals surface area contributed by atoms with Crippen LogP contribution in [0.15, 0.2) is 54.6 Å². The zero-order chi connectivity index (χ0) is 18.5. The van der Waals surface area contributed by atoms with Crippen LogP contribution in [0.3, 0.4) is 0 Å². The highest BCUT2D eigenvalue weighted by molar-refractivity contribution is 6.01. The molecule has 0 saturated heterocycles. The number of nitrogens with zero attached hydrogens (tertiary/aromatic N) is 2. The van der Waals surface area contributed by atoms with Crippen molar-refractivity contribution in [3.8, 4) is 11.4 Å². The molecule has 7 nitrogen and oxygen atoms in total. The van der Waals surface area contributed by atoms with Crippen molar-refractivity contribution in [3.05, 3.63) is 66.0 Å². The molecular weight excluding hydrogens is 330 g/mol. The van der Waals surface area contributed by atoms with Crippen molar-refractivity contribution in [2.24, 2.45) is 0 Å². The molecule has 0 saturated carbocycles. The fourth-order valence-electron chi connectivity index (χ4n) is 2.39. The fraction of sp³-hybridized carbons (Fsp3) is 0.158. The number of hydrogen-bond acceptors (Lipinski definition) is 4. The third-order valence-electron chi connectivity index (χ3n) is 3.76. The van der Waals surface area contributed by atoms with E-state index in [9.17, 15) is 9.59 Å². The zero-order valence-electron chi connectivity index (χ0n) is 14.5. The molecule has 1 atom stereocenters. The van der Waals surface area contributed by atoms with Crippen molar-refractivity contribution < 1.29 is 9.59 Å². The summed E-state index contributed by atoms with van der Waals surface area (Å²) >= 11 is 0. The Balaban J connectivity index is 1.66. The molecule has 2 aromatic carbocycles. The number of aryl methyl sites for hydroxylation is 1. The van der Waals surface area contributed by atoms with Gasteiger partial charge in [-0.25, -0.2) is 4.98 Å². The van der Waals surface area contributed by atoms with Crippen LogP contribution in [-0.4, -0.2) is 33.0 Å². The number of aromatic nitrogens is 3. The Labute approximate surface area is 150 Å². The lowest BCUT2D eigenvalue weighted by molar-refractivity contribution is -0.117. The van der Waals surface area contributed by atoms with Gasteiger partial charge in [0.25, 0.3) is 5.91 Å². The lowest BCUT2D eigenvalue weighted by atomic mass is 10.1. The van der Waals surface area contributed by atoms with Crippen molar-refractivity contribution in [3.63, 3.8) is 0 Å². The van der Waals surface area contributed by atoms with Crippen molar-refractivity contribution in [1.82, 2.24) is 20.5 Å². The normalized spacial score (nSPS) is 11.6. The molecule has 0 spiro atoms. The number of carbonyl (C=O) groups excluding carboxylic acids is 2. The topological polar surface area (TPSA) is 99.8 Å². The average Bonchev–Trinajstić information content (AvgIpc) is 3.09. The van der Waals surface area contributed by atoms with Gasteiger partial charge in [0, 0.05) is 16.8 Å². The number of aromatic amines is 1. The van der Waals surface area contributed by atoms with Crippen LogP contribution in [0.5, 0.6) is 0 Å². The number of nitrogens with one attached hydrogen (secondary N) is 3. The molecule has 3 aromatic rings. The molecule has 1 aromatic heterocycles. The second kappa shape index (κ2) is 7.60. The van der Waals surface area contributed by atoms with Gasteiger partial charge in [-0.05, 0) is 38.1 Å². The Kier molecular flexibility index (Phi) is 5.07. The van der Waals surface area contributed by atoms with E-state index < -0.39 is 6.04 Å². The first kappa shape index (κ1) is 17.3. The molecule has 26 heavy (non-hydrogen) atoms. The minimum Gasteiger partial charge on any atom is -0.341 e. The van der Waals surface area contributed by atoms with Crippen LogP contribution >= 0.6 is 0 Å². The number of H-pyrrole nitrogens is 1. The number of benzene rings is 2. The van der Waals surface area contributed by atoms with Gasteiger partial charge < -0.3 is 10.6 Å². The molecular formula is C19H19N5O2. The van der Waals surface area contributed by atoms with Crippen LogP contribution in [0.25, 0.3) is 11.4 Å². The third kappa shape index (κ3) is 4.13. The maximum atomic E-state index is 12.5. The smallest absolute Gasteiger partial charge is 0.251 e. The summed E-state index contributed by atoms with van der Waals surface area (Å²) in [6.07, 6.45) is 0. The Morgan fingerprint density at radius 3 is 2.54 bits per heavy atom. The van der Waals surface area contributed by atoms with Gasteiger partial charge in [-0.3, -0.25) is 14.7 Å². The van der Waals surface area contributed by atoms with Crippen molar-refractivity contribution in [1.29, 1.82) is 0 Å². The number of para-hydroxylation sites is 1. The third-order valence-corrected chi connectivity index (χ3v) is 3.76. The fourth-order valence-corrected chi connectivity index (χ4v) is 2.39. The van der Waals surface area contributed by atoms with E-state index in [0.717, 1.165) is 5.56 Å². The van der Waals surface area contributed by atoms with Crippen LogP contribution < -0.4 is 10.6 Å². The van der Waals surface area contributed by atoms with E-state index in [4.69, 9.17) is 0 Å². The predicted octanol–water partition coefficient (Wildman–Crippen LogP) is 2.54. The second-order valence-corrected chi connectivity index (χ2v) is 5.88. The highest BCUT2D eigenvalue weighted by Crippen LogP contribution is 2.16. The molecule has 0 aliphatic carbocycles. The summed E-state index contributed by atoms with van der Waals surface area (Å²) < 4.78 is 0. The summed E-state index contributed by atoms with van der Waals surface area (Å²) in [5.41, 5.74) is 1.84. The summed E-state index contributed by atoms with van der Waals surface area (Å²) in [7, 11) is 0.